The maximum Gasteiger partial charge on any atom is 0.144 e. The molecule has 108 valence electrons. The fourth-order valence-electron chi connectivity index (χ4n) is 2.55. The number of hydrogen-bond acceptors (Lipinski definition) is 2. The van der Waals surface area contributed by atoms with Gasteiger partial charge in [0.1, 0.15) is 23.2 Å². The van der Waals surface area contributed by atoms with Crippen molar-refractivity contribution in [2.24, 2.45) is 5.92 Å². The monoisotopic (exact) mass is 288 g/mol. The Balaban J connectivity index is 1.76. The molecule has 0 aliphatic carbocycles. The Labute approximate surface area is 121 Å². The number of rotatable bonds is 3. The first kappa shape index (κ1) is 13.7. The highest BCUT2D eigenvalue weighted by atomic mass is 19.1. The molecule has 0 spiro atoms. The minimum absolute atomic E-state index is 0.165. The molecule has 21 heavy (non-hydrogen) atoms. The molecule has 2 aromatic carbocycles. The third kappa shape index (κ3) is 2.79. The van der Waals surface area contributed by atoms with E-state index in [1.807, 2.05) is 24.3 Å². The molecule has 2 nitrogen and oxygen atoms in total. The van der Waals surface area contributed by atoms with Gasteiger partial charge in [0.05, 0.1) is 12.5 Å². The number of carbonyl (C=O) groups excluding carboxylic acids is 1. The summed E-state index contributed by atoms with van der Waals surface area (Å²) in [6, 6.07) is 11.1. The van der Waals surface area contributed by atoms with Gasteiger partial charge in [0, 0.05) is 12.0 Å². The lowest BCUT2D eigenvalue weighted by molar-refractivity contribution is -0.123. The van der Waals surface area contributed by atoms with E-state index in [0.29, 0.717) is 6.42 Å². The van der Waals surface area contributed by atoms with Gasteiger partial charge in [-0.25, -0.2) is 8.78 Å². The lowest BCUT2D eigenvalue weighted by atomic mass is 9.90. The topological polar surface area (TPSA) is 26.3 Å². The summed E-state index contributed by atoms with van der Waals surface area (Å²) in [5.41, 5.74) is 0.789. The summed E-state index contributed by atoms with van der Waals surface area (Å²) in [7, 11) is 0. The van der Waals surface area contributed by atoms with Gasteiger partial charge >= 0.3 is 0 Å². The number of ketones is 1. The second-order valence-corrected chi connectivity index (χ2v) is 5.16. The van der Waals surface area contributed by atoms with Crippen LogP contribution in [0.25, 0.3) is 0 Å². The van der Waals surface area contributed by atoms with E-state index in [4.69, 9.17) is 4.74 Å². The smallest absolute Gasteiger partial charge is 0.144 e. The van der Waals surface area contributed by atoms with Crippen molar-refractivity contribution >= 4 is 5.78 Å². The Morgan fingerprint density at radius 2 is 1.81 bits per heavy atom. The van der Waals surface area contributed by atoms with Crippen LogP contribution in [0.5, 0.6) is 5.75 Å². The minimum Gasteiger partial charge on any atom is -0.493 e. The van der Waals surface area contributed by atoms with Crippen molar-refractivity contribution in [3.63, 3.8) is 0 Å². The zero-order chi connectivity index (χ0) is 14.8. The number of fused-ring (bicyclic) bond motifs is 1. The van der Waals surface area contributed by atoms with Crippen molar-refractivity contribution < 1.29 is 18.3 Å². The van der Waals surface area contributed by atoms with Crippen molar-refractivity contribution in [1.29, 1.82) is 0 Å². The largest absolute Gasteiger partial charge is 0.493 e. The van der Waals surface area contributed by atoms with Crippen LogP contribution >= 0.6 is 0 Å². The number of ether oxygens (including phenoxy) is 1. The Bertz CT molecular complexity index is 662. The molecule has 2 aromatic rings. The maximum atomic E-state index is 13.6. The third-order valence-corrected chi connectivity index (χ3v) is 3.75. The molecular weight excluding hydrogens is 274 g/mol. The van der Waals surface area contributed by atoms with Gasteiger partial charge in [-0.15, -0.1) is 0 Å². The van der Waals surface area contributed by atoms with E-state index in [1.54, 1.807) is 0 Å². The predicted molar refractivity (Wildman–Crippen MR) is 74.2 cm³/mol. The van der Waals surface area contributed by atoms with Crippen LogP contribution in [0.3, 0.4) is 0 Å². The number of para-hydroxylation sites is 1. The first-order chi connectivity index (χ1) is 10.1. The summed E-state index contributed by atoms with van der Waals surface area (Å²) in [6.07, 6.45) is 0.305. The van der Waals surface area contributed by atoms with E-state index in [0.717, 1.165) is 11.3 Å². The molecule has 0 radical (unpaired) electrons. The minimum atomic E-state index is -0.680. The summed E-state index contributed by atoms with van der Waals surface area (Å²) in [5, 5.41) is 0. The van der Waals surface area contributed by atoms with Gasteiger partial charge in [-0.3, -0.25) is 4.79 Å². The van der Waals surface area contributed by atoms with Gasteiger partial charge in [-0.05, 0) is 30.2 Å². The highest BCUT2D eigenvalue weighted by molar-refractivity contribution is 5.84. The highest BCUT2D eigenvalue weighted by Gasteiger charge is 2.27. The first-order valence-electron chi connectivity index (χ1n) is 6.81. The molecule has 0 saturated heterocycles. The fourth-order valence-corrected chi connectivity index (χ4v) is 2.55. The van der Waals surface area contributed by atoms with Gasteiger partial charge in [0.15, 0.2) is 0 Å². The van der Waals surface area contributed by atoms with Crippen molar-refractivity contribution in [3.05, 3.63) is 65.2 Å². The SMILES string of the molecule is O=C(Cc1c(F)cccc1F)C1COc2ccccc2C1. The number of carbonyl (C=O) groups is 1. The van der Waals surface area contributed by atoms with Gasteiger partial charge in [0.25, 0.3) is 0 Å². The summed E-state index contributed by atoms with van der Waals surface area (Å²) < 4.78 is 32.7. The zero-order valence-corrected chi connectivity index (χ0v) is 11.3. The van der Waals surface area contributed by atoms with Crippen LogP contribution in [-0.4, -0.2) is 12.4 Å². The molecule has 0 N–H and O–H groups in total. The van der Waals surface area contributed by atoms with Crippen LogP contribution in [0.2, 0.25) is 0 Å². The lowest BCUT2D eigenvalue weighted by Crippen LogP contribution is -2.29. The quantitative estimate of drug-likeness (QED) is 0.866. The van der Waals surface area contributed by atoms with Crippen LogP contribution in [0, 0.1) is 17.6 Å². The number of benzene rings is 2. The van der Waals surface area contributed by atoms with Crippen molar-refractivity contribution in [1.82, 2.24) is 0 Å². The van der Waals surface area contributed by atoms with Crippen LogP contribution in [0.15, 0.2) is 42.5 Å². The molecule has 0 saturated carbocycles. The average Bonchev–Trinajstić information content (AvgIpc) is 2.50. The number of hydrogen-bond donors (Lipinski definition) is 0. The second-order valence-electron chi connectivity index (χ2n) is 5.16. The molecule has 0 bridgehead atoms. The predicted octanol–water partition coefficient (Wildman–Crippen LogP) is 3.33. The summed E-state index contributed by atoms with van der Waals surface area (Å²) in [5.74, 6) is -1.15. The molecule has 0 amide bonds. The summed E-state index contributed by atoms with van der Waals surface area (Å²) in [4.78, 5) is 12.3. The van der Waals surface area contributed by atoms with Gasteiger partial charge in [0.2, 0.25) is 0 Å². The van der Waals surface area contributed by atoms with Gasteiger partial charge < -0.3 is 4.74 Å². The standard InChI is InChI=1S/C17H14F2O2/c18-14-5-3-6-15(19)13(14)9-16(20)12-8-11-4-1-2-7-17(11)21-10-12/h1-7,12H,8-10H2. The Hall–Kier alpha value is -2.23. The Morgan fingerprint density at radius 3 is 2.57 bits per heavy atom. The zero-order valence-electron chi connectivity index (χ0n) is 11.3. The normalized spacial score (nSPS) is 17.0. The number of Topliss-reactive ketones (excluding diaryl/α,β-unsaturated/α-hetero) is 1. The Kier molecular flexibility index (Phi) is 3.69. The maximum absolute atomic E-state index is 13.6. The summed E-state index contributed by atoms with van der Waals surface area (Å²) in [6.45, 7) is 0.256. The molecule has 1 unspecified atom stereocenters. The van der Waals surface area contributed by atoms with Gasteiger partial charge in [-0.2, -0.15) is 0 Å². The van der Waals surface area contributed by atoms with Crippen LogP contribution in [-0.2, 0) is 17.6 Å². The highest BCUT2D eigenvalue weighted by Crippen LogP contribution is 2.28. The van der Waals surface area contributed by atoms with Crippen LogP contribution in [0.4, 0.5) is 8.78 Å². The van der Waals surface area contributed by atoms with E-state index >= 15 is 0 Å². The van der Waals surface area contributed by atoms with Crippen LogP contribution in [0.1, 0.15) is 11.1 Å². The number of halogens is 2. The lowest BCUT2D eigenvalue weighted by Gasteiger charge is -2.24. The van der Waals surface area contributed by atoms with Crippen molar-refractivity contribution in [2.75, 3.05) is 6.61 Å². The van der Waals surface area contributed by atoms with E-state index in [-0.39, 0.29) is 30.3 Å². The van der Waals surface area contributed by atoms with E-state index < -0.39 is 11.6 Å². The molecule has 0 fully saturated rings. The molecule has 1 aliphatic heterocycles. The van der Waals surface area contributed by atoms with Crippen molar-refractivity contribution in [3.8, 4) is 5.75 Å². The summed E-state index contributed by atoms with van der Waals surface area (Å²) >= 11 is 0. The molecule has 0 aromatic heterocycles. The molecule has 1 aliphatic rings. The average molecular weight is 288 g/mol. The first-order valence-corrected chi connectivity index (χ1v) is 6.81. The van der Waals surface area contributed by atoms with E-state index in [9.17, 15) is 13.6 Å². The van der Waals surface area contributed by atoms with E-state index in [2.05, 4.69) is 0 Å². The molecule has 1 atom stereocenters. The fraction of sp³-hybridized carbons (Fsp3) is 0.235. The molecule has 3 rings (SSSR count). The molecule has 4 heteroatoms. The van der Waals surface area contributed by atoms with Crippen molar-refractivity contribution in [2.45, 2.75) is 12.8 Å². The second kappa shape index (κ2) is 5.64. The molecule has 1 heterocycles. The van der Waals surface area contributed by atoms with Crippen LogP contribution < -0.4 is 4.74 Å². The van der Waals surface area contributed by atoms with Gasteiger partial charge in [-0.1, -0.05) is 24.3 Å². The Morgan fingerprint density at radius 1 is 1.10 bits per heavy atom. The third-order valence-electron chi connectivity index (χ3n) is 3.75. The van der Waals surface area contributed by atoms with E-state index in [1.165, 1.54) is 18.2 Å². The molecular formula is C17H14F2O2.